The monoisotopic (exact) mass is 353 g/mol. The third-order valence-electron chi connectivity index (χ3n) is 5.90. The number of benzene rings is 1. The smallest absolute Gasteiger partial charge is 0.155 e. The van der Waals surface area contributed by atoms with Crippen molar-refractivity contribution in [1.82, 2.24) is 4.98 Å². The highest BCUT2D eigenvalue weighted by Gasteiger charge is 2.63. The summed E-state index contributed by atoms with van der Waals surface area (Å²) in [7, 11) is 0. The summed E-state index contributed by atoms with van der Waals surface area (Å²) in [5.41, 5.74) is 2.90. The molecule has 25 heavy (non-hydrogen) atoms. The Hall–Kier alpha value is -1.85. The van der Waals surface area contributed by atoms with Gasteiger partial charge in [-0.25, -0.2) is 4.98 Å². The van der Waals surface area contributed by atoms with E-state index in [-0.39, 0.29) is 35.6 Å². The quantitative estimate of drug-likeness (QED) is 0.776. The first kappa shape index (κ1) is 15.4. The summed E-state index contributed by atoms with van der Waals surface area (Å²) in [6, 6.07) is 8.19. The lowest BCUT2D eigenvalue weighted by molar-refractivity contribution is -0.127. The fourth-order valence-corrected chi connectivity index (χ4v) is 5.65. The Morgan fingerprint density at radius 2 is 1.60 bits per heavy atom. The first-order valence-electron chi connectivity index (χ1n) is 8.82. The summed E-state index contributed by atoms with van der Waals surface area (Å²) in [6.07, 6.45) is 1.71. The van der Waals surface area contributed by atoms with Crippen molar-refractivity contribution in [3.8, 4) is 10.6 Å². The molecule has 128 valence electrons. The predicted molar refractivity (Wildman–Crippen MR) is 94.7 cm³/mol. The summed E-state index contributed by atoms with van der Waals surface area (Å²) in [5, 5.41) is 0.879. The number of hydrogen-bond donors (Lipinski definition) is 0. The Kier molecular flexibility index (Phi) is 3.28. The van der Waals surface area contributed by atoms with Crippen molar-refractivity contribution >= 4 is 22.9 Å². The van der Waals surface area contributed by atoms with Crippen LogP contribution in [0, 0.1) is 25.7 Å². The van der Waals surface area contributed by atoms with E-state index >= 15 is 0 Å². The number of rotatable bonds is 2. The predicted octanol–water partition coefficient (Wildman–Crippen LogP) is 3.46. The van der Waals surface area contributed by atoms with Crippen LogP contribution in [-0.2, 0) is 14.3 Å². The first-order valence-corrected chi connectivity index (χ1v) is 9.63. The first-order chi connectivity index (χ1) is 12.0. The van der Waals surface area contributed by atoms with E-state index in [0.29, 0.717) is 5.69 Å². The second-order valence-electron chi connectivity index (χ2n) is 7.41. The highest BCUT2D eigenvalue weighted by atomic mass is 32.1. The second kappa shape index (κ2) is 5.32. The summed E-state index contributed by atoms with van der Waals surface area (Å²) < 4.78 is 5.82. The minimum Gasteiger partial charge on any atom is -0.373 e. The summed E-state index contributed by atoms with van der Waals surface area (Å²) in [4.78, 5) is 31.7. The molecule has 2 aromatic rings. The number of aryl methyl sites for hydroxylation is 2. The number of hydrogen-bond acceptors (Lipinski definition) is 5. The lowest BCUT2D eigenvalue weighted by Gasteiger charge is -2.16. The molecule has 3 fully saturated rings. The molecule has 0 spiro atoms. The summed E-state index contributed by atoms with van der Waals surface area (Å²) in [5.74, 6) is -1.09. The van der Waals surface area contributed by atoms with Crippen LogP contribution in [-0.4, -0.2) is 28.8 Å². The Balaban J connectivity index is 1.53. The molecule has 1 aromatic heterocycles. The lowest BCUT2D eigenvalue weighted by atomic mass is 9.81. The van der Waals surface area contributed by atoms with Crippen LogP contribution in [0.2, 0.25) is 0 Å². The van der Waals surface area contributed by atoms with Crippen LogP contribution in [0.5, 0.6) is 0 Å². The minimum absolute atomic E-state index is 0.0334. The molecule has 3 aliphatic rings. The van der Waals surface area contributed by atoms with Gasteiger partial charge in [0.2, 0.25) is 0 Å². The topological polar surface area (TPSA) is 56.3 Å². The van der Waals surface area contributed by atoms with Crippen LogP contribution in [0.15, 0.2) is 24.3 Å². The molecule has 1 saturated carbocycles. The molecule has 2 aliphatic heterocycles. The molecule has 1 unspecified atom stereocenters. The lowest BCUT2D eigenvalue weighted by Crippen LogP contribution is -2.29. The second-order valence-corrected chi connectivity index (χ2v) is 8.61. The van der Waals surface area contributed by atoms with Gasteiger partial charge >= 0.3 is 0 Å². The third-order valence-corrected chi connectivity index (χ3v) is 6.94. The van der Waals surface area contributed by atoms with Gasteiger partial charge in [-0.15, -0.1) is 11.3 Å². The van der Waals surface area contributed by atoms with Gasteiger partial charge in [0, 0.05) is 10.4 Å². The molecular weight excluding hydrogens is 334 g/mol. The van der Waals surface area contributed by atoms with Crippen molar-refractivity contribution in [3.63, 3.8) is 0 Å². The molecule has 5 rings (SSSR count). The number of Topliss-reactive ketones (excluding diaryl/α,β-unsaturated/α-hetero) is 2. The van der Waals surface area contributed by atoms with E-state index < -0.39 is 5.92 Å². The summed E-state index contributed by atoms with van der Waals surface area (Å²) in [6.45, 7) is 4.01. The molecule has 2 bridgehead atoms. The largest absolute Gasteiger partial charge is 0.373 e. The normalized spacial score (nSPS) is 33.3. The third kappa shape index (κ3) is 2.12. The highest BCUT2D eigenvalue weighted by Crippen LogP contribution is 2.52. The van der Waals surface area contributed by atoms with E-state index in [1.807, 2.05) is 26.0 Å². The van der Waals surface area contributed by atoms with E-state index in [4.69, 9.17) is 9.72 Å². The van der Waals surface area contributed by atoms with Gasteiger partial charge in [0.1, 0.15) is 10.9 Å². The zero-order chi connectivity index (χ0) is 17.3. The molecule has 5 heteroatoms. The Bertz CT molecular complexity index is 857. The van der Waals surface area contributed by atoms with Crippen LogP contribution >= 0.6 is 11.3 Å². The van der Waals surface area contributed by atoms with Gasteiger partial charge in [-0.1, -0.05) is 29.8 Å². The van der Waals surface area contributed by atoms with E-state index in [0.717, 1.165) is 28.3 Å². The average molecular weight is 353 g/mol. The van der Waals surface area contributed by atoms with Crippen LogP contribution < -0.4 is 0 Å². The van der Waals surface area contributed by atoms with Gasteiger partial charge < -0.3 is 4.74 Å². The molecule has 2 saturated heterocycles. The molecule has 0 radical (unpaired) electrons. The van der Waals surface area contributed by atoms with E-state index in [1.54, 1.807) is 11.3 Å². The number of carbonyl (C=O) groups is 2. The zero-order valence-electron chi connectivity index (χ0n) is 14.2. The van der Waals surface area contributed by atoms with Gasteiger partial charge in [0.05, 0.1) is 29.7 Å². The molecular formula is C20H19NO3S. The number of nitrogens with zero attached hydrogens (tertiary/aromatic N) is 1. The van der Waals surface area contributed by atoms with Gasteiger partial charge in [0.15, 0.2) is 11.6 Å². The van der Waals surface area contributed by atoms with Gasteiger partial charge in [-0.05, 0) is 26.7 Å². The Morgan fingerprint density at radius 1 is 1.00 bits per heavy atom. The molecule has 1 aromatic carbocycles. The summed E-state index contributed by atoms with van der Waals surface area (Å²) >= 11 is 1.56. The number of thiazole rings is 1. The maximum absolute atomic E-state index is 13.0. The van der Waals surface area contributed by atoms with Crippen molar-refractivity contribution in [2.75, 3.05) is 0 Å². The minimum atomic E-state index is -0.683. The number of ketones is 2. The average Bonchev–Trinajstić information content (AvgIpc) is 3.33. The Labute approximate surface area is 150 Å². The van der Waals surface area contributed by atoms with E-state index in [9.17, 15) is 9.59 Å². The van der Waals surface area contributed by atoms with Crippen molar-refractivity contribution in [3.05, 3.63) is 40.4 Å². The van der Waals surface area contributed by atoms with Crippen LogP contribution in [0.4, 0.5) is 0 Å². The SMILES string of the molecule is Cc1ccc(-c2nc(C3C(=O)[C@@H]4[C@H](C3=O)[C@@H]3CC[C@H]4O3)c(C)s2)cc1. The maximum Gasteiger partial charge on any atom is 0.155 e. The number of carbonyl (C=O) groups excluding carboxylic acids is 2. The van der Waals surface area contributed by atoms with E-state index in [1.165, 1.54) is 5.56 Å². The van der Waals surface area contributed by atoms with Crippen molar-refractivity contribution in [2.24, 2.45) is 11.8 Å². The molecule has 4 nitrogen and oxygen atoms in total. The molecule has 0 amide bonds. The van der Waals surface area contributed by atoms with Crippen molar-refractivity contribution < 1.29 is 14.3 Å². The maximum atomic E-state index is 13.0. The highest BCUT2D eigenvalue weighted by molar-refractivity contribution is 7.15. The number of aromatic nitrogens is 1. The zero-order valence-corrected chi connectivity index (χ0v) is 15.0. The fraction of sp³-hybridized carbons (Fsp3) is 0.450. The molecule has 1 aliphatic carbocycles. The van der Waals surface area contributed by atoms with Gasteiger partial charge in [0.25, 0.3) is 0 Å². The molecule has 3 heterocycles. The van der Waals surface area contributed by atoms with Crippen LogP contribution in [0.1, 0.15) is 34.9 Å². The van der Waals surface area contributed by atoms with Crippen LogP contribution in [0.3, 0.4) is 0 Å². The van der Waals surface area contributed by atoms with Gasteiger partial charge in [-0.2, -0.15) is 0 Å². The molecule has 0 N–H and O–H groups in total. The van der Waals surface area contributed by atoms with E-state index in [2.05, 4.69) is 12.1 Å². The number of ether oxygens (including phenoxy) is 1. The van der Waals surface area contributed by atoms with Crippen LogP contribution in [0.25, 0.3) is 10.6 Å². The fourth-order valence-electron chi connectivity index (χ4n) is 4.69. The van der Waals surface area contributed by atoms with Gasteiger partial charge in [-0.3, -0.25) is 9.59 Å². The van der Waals surface area contributed by atoms with Crippen molar-refractivity contribution in [1.29, 1.82) is 0 Å². The van der Waals surface area contributed by atoms with Crippen molar-refractivity contribution in [2.45, 2.75) is 44.8 Å². The Morgan fingerprint density at radius 3 is 2.20 bits per heavy atom. The number of fused-ring (bicyclic) bond motifs is 5. The molecule has 5 atom stereocenters. The standard InChI is InChI=1S/C20H19NO3S/c1-9-3-5-11(6-4-9)20-21-17(10(2)25-20)16-18(22)14-12-7-8-13(24-12)15(14)19(16)23/h3-6,12-16H,7-8H2,1-2H3/t12-,13+,14+,15-,16?.